The largest absolute Gasteiger partial charge is 0.321 e. The van der Waals surface area contributed by atoms with Gasteiger partial charge in [-0.1, -0.05) is 47.5 Å². The van der Waals surface area contributed by atoms with Crippen molar-refractivity contribution in [2.24, 2.45) is 0 Å². The molecule has 2 N–H and O–H groups in total. The summed E-state index contributed by atoms with van der Waals surface area (Å²) in [4.78, 5) is 53.4. The van der Waals surface area contributed by atoms with Crippen LogP contribution in [-0.4, -0.2) is 28.9 Å². The molecule has 1 aliphatic heterocycles. The van der Waals surface area contributed by atoms with Gasteiger partial charge in [0.05, 0.1) is 10.9 Å². The van der Waals surface area contributed by atoms with Gasteiger partial charge in [0.25, 0.3) is 11.8 Å². The Hall–Kier alpha value is -4.44. The Bertz CT molecular complexity index is 1730. The van der Waals surface area contributed by atoms with Crippen LogP contribution in [0.2, 0.25) is 10.0 Å². The smallest absolute Gasteiger partial charge is 0.272 e. The predicted molar refractivity (Wildman–Crippen MR) is 167 cm³/mol. The number of halogens is 3. The molecule has 1 unspecified atom stereocenters. The van der Waals surface area contributed by atoms with E-state index < -0.39 is 22.9 Å². The molecule has 1 atom stereocenters. The minimum atomic E-state index is -0.648. The predicted octanol–water partition coefficient (Wildman–Crippen LogP) is 6.97. The zero-order valence-electron chi connectivity index (χ0n) is 22.2. The van der Waals surface area contributed by atoms with E-state index in [2.05, 4.69) is 10.6 Å². The van der Waals surface area contributed by atoms with Gasteiger partial charge in [-0.05, 0) is 84.4 Å². The molecular formula is C32H22Cl2FN3O4S. The number of benzene rings is 4. The zero-order valence-corrected chi connectivity index (χ0v) is 24.6. The normalized spacial score (nSPS) is 15.0. The van der Waals surface area contributed by atoms with Crippen molar-refractivity contribution in [3.05, 3.63) is 130 Å². The number of nitrogens with zero attached hydrogens (tertiary/aromatic N) is 1. The molecule has 216 valence electrons. The summed E-state index contributed by atoms with van der Waals surface area (Å²) < 4.78 is 13.3. The molecule has 0 aromatic heterocycles. The number of hydrogen-bond donors (Lipinski definition) is 2. The van der Waals surface area contributed by atoms with Gasteiger partial charge < -0.3 is 10.6 Å². The molecule has 1 fully saturated rings. The summed E-state index contributed by atoms with van der Waals surface area (Å²) in [6.45, 7) is 0. The van der Waals surface area contributed by atoms with E-state index in [4.69, 9.17) is 23.2 Å². The number of carbonyl (C=O) groups excluding carboxylic acids is 4. The summed E-state index contributed by atoms with van der Waals surface area (Å²) in [7, 11) is 0. The molecule has 4 aromatic rings. The van der Waals surface area contributed by atoms with E-state index in [0.29, 0.717) is 37.4 Å². The van der Waals surface area contributed by atoms with E-state index >= 15 is 0 Å². The summed E-state index contributed by atoms with van der Waals surface area (Å²) in [6.07, 6.45) is 1.45. The Balaban J connectivity index is 1.29. The fourth-order valence-electron chi connectivity index (χ4n) is 4.25. The van der Waals surface area contributed by atoms with Crippen molar-refractivity contribution in [3.63, 3.8) is 0 Å². The SMILES string of the molecule is O=C(Nc1ccc(SC2CC(=O)N(c3ccc(F)cc3)C2=O)cc1)/C(=C/c1ccc(Cl)cc1Cl)NC(=O)c1ccccc1. The lowest BCUT2D eigenvalue weighted by molar-refractivity contribution is -0.121. The van der Waals surface area contributed by atoms with E-state index in [1.807, 2.05) is 0 Å². The van der Waals surface area contributed by atoms with Crippen LogP contribution in [0.3, 0.4) is 0 Å². The Morgan fingerprint density at radius 3 is 2.28 bits per heavy atom. The van der Waals surface area contributed by atoms with Crippen LogP contribution >= 0.6 is 35.0 Å². The second-order valence-electron chi connectivity index (χ2n) is 9.38. The molecule has 0 saturated carbocycles. The standard InChI is InChI=1S/C32H22Cl2FN3O4S/c33-21-7-6-20(26(34)17-21)16-27(37-30(40)19-4-2-1-3-5-19)31(41)36-23-10-14-25(15-11-23)43-28-18-29(39)38(32(28)42)24-12-8-22(35)9-13-24/h1-17,28H,18H2,(H,36,41)(H,37,40)/b27-16-. The van der Waals surface area contributed by atoms with E-state index in [1.54, 1.807) is 66.7 Å². The fourth-order valence-corrected chi connectivity index (χ4v) is 5.77. The van der Waals surface area contributed by atoms with E-state index in [1.165, 1.54) is 48.2 Å². The van der Waals surface area contributed by atoms with E-state index in [-0.39, 0.29) is 23.9 Å². The summed E-state index contributed by atoms with van der Waals surface area (Å²) in [5.74, 6) is -2.29. The number of thioether (sulfide) groups is 1. The van der Waals surface area contributed by atoms with Crippen LogP contribution in [-0.2, 0) is 14.4 Å². The van der Waals surface area contributed by atoms with Crippen molar-refractivity contribution in [2.45, 2.75) is 16.6 Å². The number of amides is 4. The second kappa shape index (κ2) is 13.2. The summed E-state index contributed by atoms with van der Waals surface area (Å²) in [6, 6.07) is 25.1. The fraction of sp³-hybridized carbons (Fsp3) is 0.0625. The molecule has 5 rings (SSSR count). The molecule has 0 spiro atoms. The van der Waals surface area contributed by atoms with Gasteiger partial charge in [-0.15, -0.1) is 11.8 Å². The minimum Gasteiger partial charge on any atom is -0.321 e. The lowest BCUT2D eigenvalue weighted by atomic mass is 10.1. The summed E-state index contributed by atoms with van der Waals surface area (Å²) in [5, 5.41) is 5.48. The third-order valence-corrected chi connectivity index (χ3v) is 8.13. The minimum absolute atomic E-state index is 0.00187. The Morgan fingerprint density at radius 1 is 0.907 bits per heavy atom. The number of hydrogen-bond acceptors (Lipinski definition) is 5. The first-order valence-electron chi connectivity index (χ1n) is 12.9. The van der Waals surface area contributed by atoms with Crippen molar-refractivity contribution in [1.29, 1.82) is 0 Å². The first-order valence-corrected chi connectivity index (χ1v) is 14.5. The average molecular weight is 635 g/mol. The van der Waals surface area contributed by atoms with Gasteiger partial charge in [-0.2, -0.15) is 0 Å². The maximum absolute atomic E-state index is 13.3. The van der Waals surface area contributed by atoms with Gasteiger partial charge in [0, 0.05) is 32.6 Å². The highest BCUT2D eigenvalue weighted by Crippen LogP contribution is 2.34. The lowest BCUT2D eigenvalue weighted by Crippen LogP contribution is -2.31. The molecule has 0 bridgehead atoms. The lowest BCUT2D eigenvalue weighted by Gasteiger charge is -2.15. The van der Waals surface area contributed by atoms with Crippen LogP contribution < -0.4 is 15.5 Å². The van der Waals surface area contributed by atoms with Crippen molar-refractivity contribution in [3.8, 4) is 0 Å². The highest BCUT2D eigenvalue weighted by atomic mass is 35.5. The number of rotatable bonds is 8. The van der Waals surface area contributed by atoms with E-state index in [0.717, 1.165) is 4.90 Å². The average Bonchev–Trinajstić information content (AvgIpc) is 3.27. The molecule has 0 aliphatic carbocycles. The summed E-state index contributed by atoms with van der Waals surface area (Å²) >= 11 is 13.5. The maximum atomic E-state index is 13.3. The number of carbonyl (C=O) groups is 4. The van der Waals surface area contributed by atoms with Crippen LogP contribution in [0.15, 0.2) is 108 Å². The highest BCUT2D eigenvalue weighted by Gasteiger charge is 2.40. The molecule has 4 aromatic carbocycles. The van der Waals surface area contributed by atoms with Gasteiger partial charge in [0.15, 0.2) is 0 Å². The second-order valence-corrected chi connectivity index (χ2v) is 11.5. The van der Waals surface area contributed by atoms with Crippen LogP contribution in [0.5, 0.6) is 0 Å². The monoisotopic (exact) mass is 633 g/mol. The van der Waals surface area contributed by atoms with Gasteiger partial charge in [0.1, 0.15) is 11.5 Å². The Morgan fingerprint density at radius 2 is 1.60 bits per heavy atom. The van der Waals surface area contributed by atoms with Crippen molar-refractivity contribution in [2.75, 3.05) is 10.2 Å². The first kappa shape index (κ1) is 30.0. The topological polar surface area (TPSA) is 95.6 Å². The van der Waals surface area contributed by atoms with Crippen LogP contribution in [0.4, 0.5) is 15.8 Å². The van der Waals surface area contributed by atoms with Crippen molar-refractivity contribution in [1.82, 2.24) is 5.32 Å². The molecule has 4 amide bonds. The van der Waals surface area contributed by atoms with Crippen molar-refractivity contribution >= 4 is 76.0 Å². The van der Waals surface area contributed by atoms with Crippen LogP contribution in [0.25, 0.3) is 6.08 Å². The highest BCUT2D eigenvalue weighted by molar-refractivity contribution is 8.00. The number of nitrogens with one attached hydrogen (secondary N) is 2. The van der Waals surface area contributed by atoms with Crippen LogP contribution in [0, 0.1) is 5.82 Å². The zero-order chi connectivity index (χ0) is 30.5. The molecule has 0 radical (unpaired) electrons. The van der Waals surface area contributed by atoms with Gasteiger partial charge >= 0.3 is 0 Å². The van der Waals surface area contributed by atoms with Crippen molar-refractivity contribution < 1.29 is 23.6 Å². The molecule has 43 heavy (non-hydrogen) atoms. The Kier molecular flexibility index (Phi) is 9.25. The molecule has 11 heteroatoms. The number of anilines is 2. The third-order valence-electron chi connectivity index (χ3n) is 6.37. The third kappa shape index (κ3) is 7.32. The number of imide groups is 1. The van der Waals surface area contributed by atoms with E-state index in [9.17, 15) is 23.6 Å². The Labute approximate surface area is 260 Å². The molecule has 1 aliphatic rings. The molecule has 1 heterocycles. The van der Waals surface area contributed by atoms with Gasteiger partial charge in [-0.3, -0.25) is 19.2 Å². The van der Waals surface area contributed by atoms with Gasteiger partial charge in [0.2, 0.25) is 11.8 Å². The summed E-state index contributed by atoms with van der Waals surface area (Å²) in [5.41, 5.74) is 1.54. The molecular weight excluding hydrogens is 612 g/mol. The van der Waals surface area contributed by atoms with Gasteiger partial charge in [-0.25, -0.2) is 9.29 Å². The molecule has 7 nitrogen and oxygen atoms in total. The molecule has 1 saturated heterocycles. The van der Waals surface area contributed by atoms with Crippen LogP contribution in [0.1, 0.15) is 22.3 Å². The first-order chi connectivity index (χ1) is 20.7. The quantitative estimate of drug-likeness (QED) is 0.161. The maximum Gasteiger partial charge on any atom is 0.272 e.